The maximum Gasteiger partial charge on any atom is 0.246 e. The maximum absolute atomic E-state index is 15.1. The number of aryl methyl sites for hydroxylation is 1. The zero-order valence-electron chi connectivity index (χ0n) is 26.6. The first-order valence-electron chi connectivity index (χ1n) is 15.0. The Hall–Kier alpha value is -3.82. The third-order valence-corrected chi connectivity index (χ3v) is 8.51. The van der Waals surface area contributed by atoms with E-state index in [2.05, 4.69) is 55.0 Å². The monoisotopic (exact) mass is 617 g/mol. The van der Waals surface area contributed by atoms with Gasteiger partial charge in [-0.25, -0.2) is 14.4 Å². The summed E-state index contributed by atoms with van der Waals surface area (Å²) < 4.78 is 15.1. The van der Waals surface area contributed by atoms with E-state index < -0.39 is 5.82 Å². The molecule has 1 saturated heterocycles. The van der Waals surface area contributed by atoms with Crippen LogP contribution in [0, 0.1) is 12.7 Å². The molecule has 0 saturated carbocycles. The first-order valence-corrected chi connectivity index (χ1v) is 15.4. The summed E-state index contributed by atoms with van der Waals surface area (Å²) in [6.45, 7) is 16.3. The standard InChI is InChI=1S/C34H41ClFN7O/c1-9-29(44)41-16-23(6)42(17-22(41)5)33-26-15-27(35)31(25-12-10-11-13-28(25)36)39-34(26)43(19-37-33)32-21(4)14-24(18-40(7)8)38-30(32)20(2)3/h9-15,20,22-23H,1,16-19H2,2-8H3. The molecule has 1 amide bonds. The molecule has 2 aromatic heterocycles. The van der Waals surface area contributed by atoms with Crippen molar-refractivity contribution >= 4 is 34.8 Å². The van der Waals surface area contributed by atoms with E-state index in [0.29, 0.717) is 41.9 Å². The van der Waals surface area contributed by atoms with Crippen molar-refractivity contribution in [3.05, 3.63) is 82.4 Å². The van der Waals surface area contributed by atoms with Gasteiger partial charge in [0.15, 0.2) is 0 Å². The molecule has 44 heavy (non-hydrogen) atoms. The minimum absolute atomic E-state index is 0.0155. The summed E-state index contributed by atoms with van der Waals surface area (Å²) in [6.07, 6.45) is 1.37. The number of fused-ring (bicyclic) bond motifs is 1. The van der Waals surface area contributed by atoms with Crippen LogP contribution in [0.2, 0.25) is 5.02 Å². The molecule has 2 aliphatic heterocycles. The number of hydrogen-bond acceptors (Lipinski definition) is 7. The highest BCUT2D eigenvalue weighted by Gasteiger charge is 2.37. The molecule has 0 bridgehead atoms. The van der Waals surface area contributed by atoms with Gasteiger partial charge in [0, 0.05) is 37.3 Å². The third-order valence-electron chi connectivity index (χ3n) is 8.22. The molecule has 4 heterocycles. The van der Waals surface area contributed by atoms with Crippen LogP contribution >= 0.6 is 11.6 Å². The number of nitrogens with zero attached hydrogens (tertiary/aromatic N) is 7. The Kier molecular flexibility index (Phi) is 9.09. The zero-order chi connectivity index (χ0) is 31.9. The lowest BCUT2D eigenvalue weighted by Gasteiger charge is -2.46. The van der Waals surface area contributed by atoms with Crippen LogP contribution in [0.4, 0.5) is 15.9 Å². The number of aliphatic imine (C=N–C) groups is 1. The number of aromatic nitrogens is 2. The molecular formula is C34H41ClFN7O. The van der Waals surface area contributed by atoms with Crippen molar-refractivity contribution in [3.63, 3.8) is 0 Å². The van der Waals surface area contributed by atoms with E-state index >= 15 is 4.39 Å². The quantitative estimate of drug-likeness (QED) is 0.299. The fraction of sp³-hybridized carbons (Fsp3) is 0.412. The Morgan fingerprint density at radius 2 is 1.86 bits per heavy atom. The largest absolute Gasteiger partial charge is 0.350 e. The van der Waals surface area contributed by atoms with Gasteiger partial charge in [-0.15, -0.1) is 0 Å². The van der Waals surface area contributed by atoms with E-state index in [-0.39, 0.29) is 23.9 Å². The number of piperazine rings is 1. The molecule has 0 radical (unpaired) electrons. The lowest BCUT2D eigenvalue weighted by molar-refractivity contribution is -0.130. The Morgan fingerprint density at radius 1 is 1.14 bits per heavy atom. The second-order valence-corrected chi connectivity index (χ2v) is 12.7. The molecule has 2 atom stereocenters. The summed E-state index contributed by atoms with van der Waals surface area (Å²) in [6, 6.07) is 10.5. The number of anilines is 2. The number of hydrogen-bond donors (Lipinski definition) is 0. The average molecular weight is 618 g/mol. The molecule has 1 fully saturated rings. The van der Waals surface area contributed by atoms with E-state index in [0.717, 1.165) is 40.6 Å². The van der Waals surface area contributed by atoms with Gasteiger partial charge in [0.05, 0.1) is 33.4 Å². The normalized spacial score (nSPS) is 18.5. The minimum atomic E-state index is -0.391. The molecule has 0 spiro atoms. The number of amidine groups is 1. The topological polar surface area (TPSA) is 68.2 Å². The molecule has 5 rings (SSSR count). The SMILES string of the molecule is C=CC(=O)N1CC(C)N(C2=NCN(c3c(C)cc(CN(C)C)nc3C(C)C)c3nc(-c4ccccc4F)c(Cl)cc32)CC1C. The fourth-order valence-electron chi connectivity index (χ4n) is 6.17. The predicted molar refractivity (Wildman–Crippen MR) is 176 cm³/mol. The van der Waals surface area contributed by atoms with Crippen molar-refractivity contribution in [2.75, 3.05) is 38.8 Å². The van der Waals surface area contributed by atoms with Gasteiger partial charge in [0.25, 0.3) is 0 Å². The van der Waals surface area contributed by atoms with Gasteiger partial charge in [-0.1, -0.05) is 44.2 Å². The van der Waals surface area contributed by atoms with Crippen LogP contribution in [0.25, 0.3) is 11.3 Å². The van der Waals surface area contributed by atoms with Gasteiger partial charge in [-0.3, -0.25) is 9.78 Å². The van der Waals surface area contributed by atoms with Gasteiger partial charge in [-0.05, 0) is 76.7 Å². The number of amides is 1. The van der Waals surface area contributed by atoms with Crippen molar-refractivity contribution < 1.29 is 9.18 Å². The van der Waals surface area contributed by atoms with E-state index in [4.69, 9.17) is 26.6 Å². The minimum Gasteiger partial charge on any atom is -0.350 e. The molecule has 3 aromatic rings. The number of carbonyl (C=O) groups is 1. The fourth-order valence-corrected chi connectivity index (χ4v) is 6.42. The highest BCUT2D eigenvalue weighted by molar-refractivity contribution is 6.33. The Balaban J connectivity index is 1.68. The second kappa shape index (κ2) is 12.7. The lowest BCUT2D eigenvalue weighted by atomic mass is 10.00. The van der Waals surface area contributed by atoms with Gasteiger partial charge in [0.1, 0.15) is 24.1 Å². The predicted octanol–water partition coefficient (Wildman–Crippen LogP) is 6.39. The van der Waals surface area contributed by atoms with Crippen LogP contribution in [0.5, 0.6) is 0 Å². The number of rotatable bonds is 6. The molecule has 1 aromatic carbocycles. The Morgan fingerprint density at radius 3 is 2.52 bits per heavy atom. The van der Waals surface area contributed by atoms with E-state index in [1.165, 1.54) is 12.1 Å². The van der Waals surface area contributed by atoms with Crippen molar-refractivity contribution in [3.8, 4) is 11.3 Å². The molecule has 0 aliphatic carbocycles. The van der Waals surface area contributed by atoms with Gasteiger partial charge >= 0.3 is 0 Å². The van der Waals surface area contributed by atoms with Gasteiger partial charge in [0.2, 0.25) is 5.91 Å². The number of carbonyl (C=O) groups excluding carboxylic acids is 1. The molecule has 2 unspecified atom stereocenters. The van der Waals surface area contributed by atoms with Crippen LogP contribution < -0.4 is 4.90 Å². The lowest BCUT2D eigenvalue weighted by Crippen LogP contribution is -2.59. The molecular weight excluding hydrogens is 577 g/mol. The molecule has 8 nitrogen and oxygen atoms in total. The third kappa shape index (κ3) is 5.95. The molecule has 0 N–H and O–H groups in total. The van der Waals surface area contributed by atoms with E-state index in [9.17, 15) is 4.79 Å². The Bertz CT molecular complexity index is 1620. The average Bonchev–Trinajstić information content (AvgIpc) is 2.97. The van der Waals surface area contributed by atoms with Crippen molar-refractivity contribution in [2.24, 2.45) is 4.99 Å². The van der Waals surface area contributed by atoms with E-state index in [1.807, 2.05) is 32.0 Å². The van der Waals surface area contributed by atoms with Crippen molar-refractivity contribution in [1.82, 2.24) is 24.7 Å². The number of benzene rings is 1. The number of pyridine rings is 2. The molecule has 232 valence electrons. The maximum atomic E-state index is 15.1. The van der Waals surface area contributed by atoms with Crippen LogP contribution in [0.1, 0.15) is 56.1 Å². The van der Waals surface area contributed by atoms with Crippen LogP contribution in [-0.4, -0.2) is 82.3 Å². The Labute approximate surface area is 264 Å². The zero-order valence-corrected chi connectivity index (χ0v) is 27.4. The van der Waals surface area contributed by atoms with E-state index in [1.54, 1.807) is 18.2 Å². The summed E-state index contributed by atoms with van der Waals surface area (Å²) in [5, 5.41) is 0.338. The van der Waals surface area contributed by atoms with Crippen molar-refractivity contribution in [2.45, 2.75) is 59.2 Å². The van der Waals surface area contributed by atoms with Crippen LogP contribution in [0.3, 0.4) is 0 Å². The molecule has 10 heteroatoms. The number of halogens is 2. The van der Waals surface area contributed by atoms with Gasteiger partial charge < -0.3 is 19.6 Å². The van der Waals surface area contributed by atoms with Crippen molar-refractivity contribution in [1.29, 1.82) is 0 Å². The highest BCUT2D eigenvalue weighted by Crippen LogP contribution is 2.41. The van der Waals surface area contributed by atoms with Crippen LogP contribution in [0.15, 0.2) is 54.0 Å². The van der Waals surface area contributed by atoms with Crippen LogP contribution in [-0.2, 0) is 11.3 Å². The first-order chi connectivity index (χ1) is 20.9. The summed E-state index contributed by atoms with van der Waals surface area (Å²) >= 11 is 6.89. The summed E-state index contributed by atoms with van der Waals surface area (Å²) in [5.41, 5.74) is 5.43. The summed E-state index contributed by atoms with van der Waals surface area (Å²) in [7, 11) is 4.06. The van der Waals surface area contributed by atoms with Gasteiger partial charge in [-0.2, -0.15) is 0 Å². The highest BCUT2D eigenvalue weighted by atomic mass is 35.5. The molecule has 2 aliphatic rings. The first kappa shape index (κ1) is 31.6. The summed E-state index contributed by atoms with van der Waals surface area (Å²) in [5.74, 6) is 1.07. The second-order valence-electron chi connectivity index (χ2n) is 12.3. The summed E-state index contributed by atoms with van der Waals surface area (Å²) in [4.78, 5) is 36.1. The smallest absolute Gasteiger partial charge is 0.246 e.